The summed E-state index contributed by atoms with van der Waals surface area (Å²) in [4.78, 5) is 0. The molecule has 0 spiro atoms. The molecule has 0 aromatic rings. The molecular weight excluding hydrogens is 264 g/mol. The second kappa shape index (κ2) is 5.72. The Hall–Kier alpha value is 0.274. The molecule has 0 amide bonds. The van der Waals surface area contributed by atoms with Gasteiger partial charge in [-0.25, -0.2) is 0 Å². The highest BCUT2D eigenvalue weighted by atomic mass is 29.3. The molecule has 0 rings (SSSR count). The molecule has 0 radical (unpaired) electrons. The van der Waals surface area contributed by atoms with Crippen LogP contribution in [-0.4, -0.2) is 44.6 Å². The summed E-state index contributed by atoms with van der Waals surface area (Å²) >= 11 is 0. The van der Waals surface area contributed by atoms with E-state index in [-0.39, 0.29) is 10.1 Å². The highest BCUT2D eigenvalue weighted by molar-refractivity contribution is 7.34. The lowest BCUT2D eigenvalue weighted by Crippen LogP contribution is -2.76. The number of hydrogen-bond donors (Lipinski definition) is 0. The summed E-state index contributed by atoms with van der Waals surface area (Å²) in [5.74, 6) is 0. The van der Waals surface area contributed by atoms with Gasteiger partial charge in [0.15, 0.2) is 0 Å². The third kappa shape index (κ3) is 2.46. The van der Waals surface area contributed by atoms with Crippen molar-refractivity contribution in [1.29, 1.82) is 0 Å². The Balaban J connectivity index is 6.14. The fraction of sp³-hybridized carbons (Fsp3) is 1.00. The van der Waals surface area contributed by atoms with Crippen molar-refractivity contribution in [3.63, 3.8) is 0 Å². The average Bonchev–Trinajstić information content (AvgIpc) is 2.22. The fourth-order valence-electron chi connectivity index (χ4n) is 2.92. The van der Waals surface area contributed by atoms with E-state index in [1.165, 1.54) is 0 Å². The summed E-state index contributed by atoms with van der Waals surface area (Å²) in [6.07, 6.45) is 0. The predicted molar refractivity (Wildman–Crippen MR) is 79.0 cm³/mol. The van der Waals surface area contributed by atoms with E-state index in [1.807, 2.05) is 0 Å². The Morgan fingerprint density at radius 3 is 0.722 bits per heavy atom. The summed E-state index contributed by atoms with van der Waals surface area (Å²) in [5, 5.41) is -0.274. The zero-order valence-electron chi connectivity index (χ0n) is 13.6. The van der Waals surface area contributed by atoms with Crippen molar-refractivity contribution >= 4 is 16.2 Å². The topological polar surface area (TPSA) is 36.9 Å². The van der Waals surface area contributed by atoms with Crippen molar-refractivity contribution in [2.24, 2.45) is 0 Å². The molecule has 0 N–H and O–H groups in total. The van der Waals surface area contributed by atoms with Gasteiger partial charge in [0.1, 0.15) is 0 Å². The molecule has 0 bridgehead atoms. The van der Waals surface area contributed by atoms with Gasteiger partial charge in [-0.3, -0.25) is 0 Å². The summed E-state index contributed by atoms with van der Waals surface area (Å²) in [7, 11) is 1.53. The Morgan fingerprint density at radius 1 is 0.500 bits per heavy atom. The van der Waals surface area contributed by atoms with E-state index < -0.39 is 16.2 Å². The van der Waals surface area contributed by atoms with Gasteiger partial charge in [-0.2, -0.15) is 0 Å². The summed E-state index contributed by atoms with van der Waals surface area (Å²) in [6, 6.07) is 0. The van der Waals surface area contributed by atoms with Crippen molar-refractivity contribution in [2.45, 2.75) is 51.6 Å². The van der Waals surface area contributed by atoms with Crippen LogP contribution in [0, 0.1) is 0 Å². The predicted octanol–water partition coefficient (Wildman–Crippen LogP) is 3.14. The minimum absolute atomic E-state index is 0.137. The first-order valence-electron chi connectivity index (χ1n) is 6.20. The molecule has 6 heteroatoms. The van der Waals surface area contributed by atoms with Gasteiger partial charge in [0.05, 0.1) is 0 Å². The van der Waals surface area contributed by atoms with Gasteiger partial charge in [-0.05, 0) is 0 Å². The van der Waals surface area contributed by atoms with Crippen LogP contribution >= 0.6 is 0 Å². The first-order chi connectivity index (χ1) is 7.99. The van der Waals surface area contributed by atoms with Crippen LogP contribution in [-0.2, 0) is 17.7 Å². The molecule has 0 aliphatic rings. The molecule has 0 saturated heterocycles. The van der Waals surface area contributed by atoms with Crippen LogP contribution < -0.4 is 0 Å². The third-order valence-electron chi connectivity index (χ3n) is 3.56. The third-order valence-corrected chi connectivity index (χ3v) is 20.2. The van der Waals surface area contributed by atoms with Crippen LogP contribution in [0.15, 0.2) is 0 Å². The van der Waals surface area contributed by atoms with E-state index in [9.17, 15) is 0 Å². The van der Waals surface area contributed by atoms with Crippen LogP contribution in [0.5, 0.6) is 0 Å². The van der Waals surface area contributed by atoms with E-state index in [1.54, 1.807) is 28.4 Å². The first kappa shape index (κ1) is 18.3. The van der Waals surface area contributed by atoms with Crippen LogP contribution in [0.25, 0.3) is 0 Å². The maximum absolute atomic E-state index is 5.95. The van der Waals surface area contributed by atoms with Gasteiger partial charge in [-0.1, -0.05) is 41.5 Å². The Morgan fingerprint density at radius 2 is 0.667 bits per heavy atom. The first-order valence-corrected chi connectivity index (χ1v) is 10.8. The van der Waals surface area contributed by atoms with Gasteiger partial charge in [-0.15, -0.1) is 0 Å². The number of rotatable bonds is 5. The molecule has 18 heavy (non-hydrogen) atoms. The molecule has 0 fully saturated rings. The van der Waals surface area contributed by atoms with Crippen LogP contribution in [0.4, 0.5) is 0 Å². The Bertz CT molecular complexity index is 232. The molecule has 4 nitrogen and oxygen atoms in total. The SMILES string of the molecule is CO[Si](OC)(C(C)(C)C)[Si](OC)(OC)C(C)(C)C. The molecule has 0 unspecified atom stereocenters. The minimum Gasteiger partial charge on any atom is -0.396 e. The summed E-state index contributed by atoms with van der Waals surface area (Å²) in [6.45, 7) is 12.8. The molecule has 110 valence electrons. The molecule has 0 aromatic heterocycles. The highest BCUT2D eigenvalue weighted by Crippen LogP contribution is 2.52. The van der Waals surface area contributed by atoms with Gasteiger partial charge in [0.25, 0.3) is 0 Å². The van der Waals surface area contributed by atoms with E-state index in [0.717, 1.165) is 0 Å². The second-order valence-electron chi connectivity index (χ2n) is 6.55. The second-order valence-corrected chi connectivity index (χ2v) is 17.6. The quantitative estimate of drug-likeness (QED) is 0.730. The molecule has 0 atom stereocenters. The maximum Gasteiger partial charge on any atom is 0.390 e. The van der Waals surface area contributed by atoms with Gasteiger partial charge in [0, 0.05) is 38.5 Å². The maximum atomic E-state index is 5.95. The van der Waals surface area contributed by atoms with E-state index in [0.29, 0.717) is 0 Å². The molecule has 0 heterocycles. The van der Waals surface area contributed by atoms with Crippen LogP contribution in [0.2, 0.25) is 10.1 Å². The van der Waals surface area contributed by atoms with Gasteiger partial charge < -0.3 is 17.7 Å². The Kier molecular flexibility index (Phi) is 5.81. The fourth-order valence-corrected chi connectivity index (χ4v) is 17.9. The molecule has 0 saturated carbocycles. The lowest BCUT2D eigenvalue weighted by Gasteiger charge is -2.52. The van der Waals surface area contributed by atoms with Crippen molar-refractivity contribution in [3.05, 3.63) is 0 Å². The van der Waals surface area contributed by atoms with Crippen LogP contribution in [0.3, 0.4) is 0 Å². The van der Waals surface area contributed by atoms with Crippen molar-refractivity contribution in [1.82, 2.24) is 0 Å². The average molecular weight is 295 g/mol. The van der Waals surface area contributed by atoms with Crippen LogP contribution in [0.1, 0.15) is 41.5 Å². The van der Waals surface area contributed by atoms with Gasteiger partial charge in [0.2, 0.25) is 0 Å². The highest BCUT2D eigenvalue weighted by Gasteiger charge is 2.73. The van der Waals surface area contributed by atoms with E-state index in [4.69, 9.17) is 17.7 Å². The summed E-state index contributed by atoms with van der Waals surface area (Å²) < 4.78 is 23.8. The zero-order chi connectivity index (χ0) is 14.8. The largest absolute Gasteiger partial charge is 0.396 e. The van der Waals surface area contributed by atoms with Crippen molar-refractivity contribution in [3.8, 4) is 0 Å². The lowest BCUT2D eigenvalue weighted by molar-refractivity contribution is 0.169. The van der Waals surface area contributed by atoms with E-state index >= 15 is 0 Å². The van der Waals surface area contributed by atoms with Crippen molar-refractivity contribution < 1.29 is 17.7 Å². The van der Waals surface area contributed by atoms with Gasteiger partial charge >= 0.3 is 16.2 Å². The standard InChI is InChI=1S/C12H30O4Si2/c1-11(2,3)17(13-7,14-8)18(15-9,16-10)12(4,5)6/h1-10H3. The smallest absolute Gasteiger partial charge is 0.390 e. The molecule has 0 aliphatic carbocycles. The molecule has 0 aliphatic heterocycles. The normalized spacial score (nSPS) is 15.0. The minimum atomic E-state index is -2.67. The monoisotopic (exact) mass is 294 g/mol. The Labute approximate surface area is 114 Å². The lowest BCUT2D eigenvalue weighted by atomic mass is 10.2. The molecular formula is C12H30O4Si2. The molecule has 0 aromatic carbocycles. The zero-order valence-corrected chi connectivity index (χ0v) is 15.6. The van der Waals surface area contributed by atoms with Crippen molar-refractivity contribution in [2.75, 3.05) is 28.4 Å². The van der Waals surface area contributed by atoms with E-state index in [2.05, 4.69) is 41.5 Å². The summed E-state index contributed by atoms with van der Waals surface area (Å²) in [5.41, 5.74) is 0. The number of hydrogen-bond acceptors (Lipinski definition) is 4.